The molecule has 3 nitrogen and oxygen atoms in total. The van der Waals surface area contributed by atoms with E-state index < -0.39 is 5.24 Å². The smallest absolute Gasteiger partial charge is 0.338 e. The Morgan fingerprint density at radius 2 is 1.67 bits per heavy atom. The minimum absolute atomic E-state index is 0.361. The summed E-state index contributed by atoms with van der Waals surface area (Å²) in [6.45, 7) is 2.57. The number of rotatable bonds is 7. The van der Waals surface area contributed by atoms with Gasteiger partial charge in [0.15, 0.2) is 0 Å². The van der Waals surface area contributed by atoms with Gasteiger partial charge in [-0.2, -0.15) is 0 Å². The summed E-state index contributed by atoms with van der Waals surface area (Å²) < 4.78 is 5.12. The molecule has 0 fully saturated rings. The van der Waals surface area contributed by atoms with Crippen molar-refractivity contribution in [2.75, 3.05) is 6.61 Å². The molecule has 0 radical (unpaired) electrons. The number of carbonyl (C=O) groups excluding carboxylic acids is 2. The van der Waals surface area contributed by atoms with Gasteiger partial charge < -0.3 is 4.74 Å². The molecule has 0 aliphatic heterocycles. The summed E-state index contributed by atoms with van der Waals surface area (Å²) >= 11 is 5.31. The number of halogens is 1. The van der Waals surface area contributed by atoms with E-state index in [9.17, 15) is 9.59 Å². The summed E-state index contributed by atoms with van der Waals surface area (Å²) in [4.78, 5) is 22.5. The zero-order valence-corrected chi connectivity index (χ0v) is 11.2. The molecule has 1 aromatic carbocycles. The van der Waals surface area contributed by atoms with Crippen LogP contribution in [0.15, 0.2) is 24.3 Å². The van der Waals surface area contributed by atoms with Crippen LogP contribution in [0.25, 0.3) is 0 Å². The van der Waals surface area contributed by atoms with Crippen molar-refractivity contribution in [1.29, 1.82) is 0 Å². The molecule has 0 amide bonds. The fraction of sp³-hybridized carbons (Fsp3) is 0.429. The quantitative estimate of drug-likeness (QED) is 0.429. The second kappa shape index (κ2) is 7.88. The average molecular weight is 269 g/mol. The van der Waals surface area contributed by atoms with E-state index in [4.69, 9.17) is 16.3 Å². The molecule has 0 aliphatic carbocycles. The molecule has 0 saturated carbocycles. The van der Waals surface area contributed by atoms with Gasteiger partial charge in [0.1, 0.15) is 0 Å². The highest BCUT2D eigenvalue weighted by Gasteiger charge is 2.08. The molecule has 0 unspecified atom stereocenters. The van der Waals surface area contributed by atoms with Gasteiger partial charge in [-0.05, 0) is 42.3 Å². The molecule has 0 aromatic heterocycles. The summed E-state index contributed by atoms with van der Waals surface area (Å²) in [7, 11) is 0. The van der Waals surface area contributed by atoms with Crippen LogP contribution in [0.2, 0.25) is 0 Å². The first-order chi connectivity index (χ1) is 8.65. The summed E-state index contributed by atoms with van der Waals surface area (Å²) in [5.41, 5.74) is 0.809. The molecule has 0 aliphatic rings. The third kappa shape index (κ3) is 4.88. The van der Waals surface area contributed by atoms with Crippen LogP contribution in [-0.4, -0.2) is 17.8 Å². The molecule has 0 saturated heterocycles. The Kier molecular flexibility index (Phi) is 6.44. The summed E-state index contributed by atoms with van der Waals surface area (Å²) in [5.74, 6) is -0.361. The monoisotopic (exact) mass is 268 g/mol. The van der Waals surface area contributed by atoms with Gasteiger partial charge in [-0.3, -0.25) is 4.79 Å². The predicted molar refractivity (Wildman–Crippen MR) is 71.1 cm³/mol. The lowest BCUT2D eigenvalue weighted by atomic mass is 10.1. The zero-order valence-electron chi connectivity index (χ0n) is 10.4. The number of carbonyl (C=O) groups is 2. The van der Waals surface area contributed by atoms with Crippen molar-refractivity contribution in [3.05, 3.63) is 35.4 Å². The van der Waals surface area contributed by atoms with Crippen molar-refractivity contribution in [3.8, 4) is 0 Å². The Morgan fingerprint density at radius 3 is 2.22 bits per heavy atom. The van der Waals surface area contributed by atoms with Crippen molar-refractivity contribution in [1.82, 2.24) is 0 Å². The van der Waals surface area contributed by atoms with E-state index in [0.29, 0.717) is 17.7 Å². The van der Waals surface area contributed by atoms with E-state index in [1.54, 1.807) is 12.1 Å². The Morgan fingerprint density at radius 1 is 1.06 bits per heavy atom. The Hall–Kier alpha value is -1.35. The first-order valence-corrected chi connectivity index (χ1v) is 6.50. The number of hydrogen-bond acceptors (Lipinski definition) is 3. The highest BCUT2D eigenvalue weighted by molar-refractivity contribution is 6.67. The topological polar surface area (TPSA) is 43.4 Å². The molecular formula is C14H17ClO3. The van der Waals surface area contributed by atoms with Crippen molar-refractivity contribution in [2.45, 2.75) is 32.6 Å². The van der Waals surface area contributed by atoms with E-state index in [-0.39, 0.29) is 5.97 Å². The maximum absolute atomic E-state index is 11.6. The average Bonchev–Trinajstić information content (AvgIpc) is 2.38. The van der Waals surface area contributed by atoms with E-state index in [1.807, 2.05) is 0 Å². The van der Waals surface area contributed by atoms with Crippen LogP contribution in [0.3, 0.4) is 0 Å². The third-order valence-electron chi connectivity index (χ3n) is 2.58. The molecule has 18 heavy (non-hydrogen) atoms. The van der Waals surface area contributed by atoms with Crippen LogP contribution in [-0.2, 0) is 4.74 Å². The van der Waals surface area contributed by atoms with Crippen LogP contribution in [0.5, 0.6) is 0 Å². The molecule has 1 aromatic rings. The molecule has 0 bridgehead atoms. The first-order valence-electron chi connectivity index (χ1n) is 6.12. The van der Waals surface area contributed by atoms with Crippen LogP contribution in [0, 0.1) is 0 Å². The van der Waals surface area contributed by atoms with Gasteiger partial charge in [-0.25, -0.2) is 4.79 Å². The predicted octanol–water partition coefficient (Wildman–Crippen LogP) is 3.80. The maximum atomic E-state index is 11.6. The number of ether oxygens (including phenoxy) is 1. The minimum atomic E-state index is -0.533. The van der Waals surface area contributed by atoms with Crippen LogP contribution in [0.4, 0.5) is 0 Å². The summed E-state index contributed by atoms with van der Waals surface area (Å²) in [5, 5.41) is -0.533. The van der Waals surface area contributed by atoms with Gasteiger partial charge in [-0.1, -0.05) is 26.2 Å². The summed E-state index contributed by atoms with van der Waals surface area (Å²) in [6, 6.07) is 6.12. The summed E-state index contributed by atoms with van der Waals surface area (Å²) in [6.07, 6.45) is 4.27. The molecule has 0 heterocycles. The molecule has 98 valence electrons. The van der Waals surface area contributed by atoms with Gasteiger partial charge in [0.25, 0.3) is 5.24 Å². The second-order valence-corrected chi connectivity index (χ2v) is 4.39. The molecule has 0 atom stereocenters. The van der Waals surface area contributed by atoms with Crippen LogP contribution >= 0.6 is 11.6 Å². The number of unbranched alkanes of at least 4 members (excludes halogenated alkanes) is 3. The fourth-order valence-electron chi connectivity index (χ4n) is 1.51. The van der Waals surface area contributed by atoms with Crippen molar-refractivity contribution < 1.29 is 14.3 Å². The Labute approximate surface area is 112 Å². The number of esters is 1. The SMILES string of the molecule is CCCCCCOC(=O)c1ccc(C(=O)Cl)cc1. The van der Waals surface area contributed by atoms with Gasteiger partial charge in [0.05, 0.1) is 12.2 Å². The molecular weight excluding hydrogens is 252 g/mol. The minimum Gasteiger partial charge on any atom is -0.462 e. The van der Waals surface area contributed by atoms with E-state index >= 15 is 0 Å². The second-order valence-electron chi connectivity index (χ2n) is 4.05. The van der Waals surface area contributed by atoms with Crippen molar-refractivity contribution in [3.63, 3.8) is 0 Å². The lowest BCUT2D eigenvalue weighted by Gasteiger charge is -2.04. The van der Waals surface area contributed by atoms with Crippen LogP contribution < -0.4 is 0 Å². The standard InChI is InChI=1S/C14H17ClO3/c1-2-3-4-5-10-18-14(17)12-8-6-11(7-9-12)13(15)16/h6-9H,2-5,10H2,1H3. The van der Waals surface area contributed by atoms with E-state index in [0.717, 1.165) is 25.7 Å². The number of hydrogen-bond donors (Lipinski definition) is 0. The third-order valence-corrected chi connectivity index (χ3v) is 2.80. The molecule has 4 heteroatoms. The van der Waals surface area contributed by atoms with Gasteiger partial charge >= 0.3 is 5.97 Å². The lowest BCUT2D eigenvalue weighted by Crippen LogP contribution is -2.06. The normalized spacial score (nSPS) is 10.1. The lowest BCUT2D eigenvalue weighted by molar-refractivity contribution is 0.0497. The maximum Gasteiger partial charge on any atom is 0.338 e. The highest BCUT2D eigenvalue weighted by Crippen LogP contribution is 2.09. The largest absolute Gasteiger partial charge is 0.462 e. The molecule has 0 spiro atoms. The van der Waals surface area contributed by atoms with Gasteiger partial charge in [0, 0.05) is 5.56 Å². The van der Waals surface area contributed by atoms with E-state index in [1.165, 1.54) is 12.1 Å². The molecule has 0 N–H and O–H groups in total. The van der Waals surface area contributed by atoms with Crippen molar-refractivity contribution >= 4 is 22.8 Å². The van der Waals surface area contributed by atoms with Crippen LogP contribution in [0.1, 0.15) is 53.3 Å². The Balaban J connectivity index is 2.39. The first kappa shape index (κ1) is 14.7. The zero-order chi connectivity index (χ0) is 13.4. The number of benzene rings is 1. The van der Waals surface area contributed by atoms with E-state index in [2.05, 4.69) is 6.92 Å². The Bertz CT molecular complexity index is 398. The van der Waals surface area contributed by atoms with Crippen molar-refractivity contribution in [2.24, 2.45) is 0 Å². The van der Waals surface area contributed by atoms with Gasteiger partial charge in [0.2, 0.25) is 0 Å². The van der Waals surface area contributed by atoms with Gasteiger partial charge in [-0.15, -0.1) is 0 Å². The molecule has 1 rings (SSSR count). The fourth-order valence-corrected chi connectivity index (χ4v) is 1.64. The highest BCUT2D eigenvalue weighted by atomic mass is 35.5.